The lowest BCUT2D eigenvalue weighted by atomic mass is 10.1. The van der Waals surface area contributed by atoms with Crippen LogP contribution in [-0.2, 0) is 20.0 Å². The average Bonchev–Trinajstić information content (AvgIpc) is 3.31. The predicted octanol–water partition coefficient (Wildman–Crippen LogP) is 2.84. The molecule has 10 heteroatoms. The van der Waals surface area contributed by atoms with Gasteiger partial charge in [-0.1, -0.05) is 41.8 Å². The van der Waals surface area contributed by atoms with Crippen LogP contribution >= 0.6 is 0 Å². The number of hydrogen-bond acceptors (Lipinski definition) is 5. The number of hydrogen-bond donors (Lipinski definition) is 0. The summed E-state index contributed by atoms with van der Waals surface area (Å²) in [6.07, 6.45) is 3.29. The molecule has 8 nitrogen and oxygen atoms in total. The second-order valence-electron chi connectivity index (χ2n) is 9.03. The molecule has 0 aliphatic carbocycles. The molecule has 2 aliphatic rings. The van der Waals surface area contributed by atoms with Gasteiger partial charge in [0, 0.05) is 13.1 Å². The summed E-state index contributed by atoms with van der Waals surface area (Å²) in [5.74, 6) is 0.393. The van der Waals surface area contributed by atoms with Gasteiger partial charge in [-0.3, -0.25) is 4.90 Å². The van der Waals surface area contributed by atoms with Crippen LogP contribution in [0.2, 0.25) is 0 Å². The lowest BCUT2D eigenvalue weighted by molar-refractivity contribution is 0.250. The van der Waals surface area contributed by atoms with Crippen LogP contribution in [0.3, 0.4) is 0 Å². The van der Waals surface area contributed by atoms with Crippen molar-refractivity contribution in [3.63, 3.8) is 0 Å². The molecule has 2 aromatic rings. The largest absolute Gasteiger partial charge is 0.343 e. The zero-order valence-corrected chi connectivity index (χ0v) is 21.4. The molecule has 0 bridgehead atoms. The Hall–Kier alpha value is -2.27. The third-order valence-corrected chi connectivity index (χ3v) is 9.49. The summed E-state index contributed by atoms with van der Waals surface area (Å²) in [6.45, 7) is 6.68. The molecule has 184 valence electrons. The Balaban J connectivity index is 1.61. The van der Waals surface area contributed by atoms with Crippen molar-refractivity contribution in [1.29, 1.82) is 0 Å². The SMILES string of the molecule is Cc1ccc(S(=O)(=O)N=C(CN2CCCCC2)N2CCN(S(=O)(=O)c3ccc(C)cc3)C2)cc1. The quantitative estimate of drug-likeness (QED) is 0.444. The van der Waals surface area contributed by atoms with Gasteiger partial charge in [0.05, 0.1) is 23.0 Å². The average molecular weight is 505 g/mol. The van der Waals surface area contributed by atoms with E-state index in [4.69, 9.17) is 0 Å². The zero-order chi connectivity index (χ0) is 24.3. The monoisotopic (exact) mass is 504 g/mol. The van der Waals surface area contributed by atoms with E-state index < -0.39 is 20.0 Å². The van der Waals surface area contributed by atoms with Gasteiger partial charge in [0.1, 0.15) is 5.84 Å². The van der Waals surface area contributed by atoms with Crippen molar-refractivity contribution in [2.45, 2.75) is 42.9 Å². The van der Waals surface area contributed by atoms with Gasteiger partial charge in [-0.15, -0.1) is 4.40 Å². The summed E-state index contributed by atoms with van der Waals surface area (Å²) in [6, 6.07) is 13.4. The zero-order valence-electron chi connectivity index (χ0n) is 19.7. The fourth-order valence-corrected chi connectivity index (χ4v) is 6.66. The van der Waals surface area contributed by atoms with Gasteiger partial charge in [-0.2, -0.15) is 12.7 Å². The molecule has 0 amide bonds. The van der Waals surface area contributed by atoms with Gasteiger partial charge < -0.3 is 4.90 Å². The lowest BCUT2D eigenvalue weighted by Gasteiger charge is -2.30. The molecule has 0 radical (unpaired) electrons. The minimum atomic E-state index is -3.92. The molecule has 0 spiro atoms. The molecule has 2 aromatic carbocycles. The van der Waals surface area contributed by atoms with E-state index >= 15 is 0 Å². The van der Waals surface area contributed by atoms with Crippen LogP contribution in [0, 0.1) is 13.8 Å². The molecule has 0 N–H and O–H groups in total. The van der Waals surface area contributed by atoms with Crippen molar-refractivity contribution in [1.82, 2.24) is 14.1 Å². The summed E-state index contributed by atoms with van der Waals surface area (Å²) in [4.78, 5) is 4.36. The third-order valence-electron chi connectivity index (χ3n) is 6.33. The highest BCUT2D eigenvalue weighted by Gasteiger charge is 2.34. The van der Waals surface area contributed by atoms with Crippen LogP contribution in [0.5, 0.6) is 0 Å². The summed E-state index contributed by atoms with van der Waals surface area (Å²) in [7, 11) is -7.60. The highest BCUT2D eigenvalue weighted by Crippen LogP contribution is 2.22. The minimum Gasteiger partial charge on any atom is -0.343 e. The fourth-order valence-electron chi connectivity index (χ4n) is 4.24. The van der Waals surface area contributed by atoms with E-state index in [2.05, 4.69) is 9.30 Å². The van der Waals surface area contributed by atoms with Crippen LogP contribution in [0.4, 0.5) is 0 Å². The van der Waals surface area contributed by atoms with Crippen molar-refractivity contribution in [2.24, 2.45) is 4.40 Å². The first-order chi connectivity index (χ1) is 16.1. The van der Waals surface area contributed by atoms with Gasteiger partial charge in [-0.05, 0) is 64.0 Å². The molecule has 0 unspecified atom stereocenters. The van der Waals surface area contributed by atoms with Crippen LogP contribution in [-0.4, -0.2) is 76.2 Å². The molecule has 4 rings (SSSR count). The number of aryl methyl sites for hydroxylation is 2. The third kappa shape index (κ3) is 5.68. The molecule has 2 saturated heterocycles. The fraction of sp³-hybridized carbons (Fsp3) is 0.458. The van der Waals surface area contributed by atoms with E-state index in [0.29, 0.717) is 18.9 Å². The number of sulfonamides is 2. The van der Waals surface area contributed by atoms with Gasteiger partial charge >= 0.3 is 0 Å². The van der Waals surface area contributed by atoms with Crippen molar-refractivity contribution in [3.05, 3.63) is 59.7 Å². The smallest absolute Gasteiger partial charge is 0.283 e. The minimum absolute atomic E-state index is 0.0757. The number of amidine groups is 1. The molecule has 2 aliphatic heterocycles. The first-order valence-corrected chi connectivity index (χ1v) is 14.5. The van der Waals surface area contributed by atoms with Gasteiger partial charge in [0.15, 0.2) is 0 Å². The summed E-state index contributed by atoms with van der Waals surface area (Å²) in [5.41, 5.74) is 1.95. The summed E-state index contributed by atoms with van der Waals surface area (Å²) >= 11 is 0. The summed E-state index contributed by atoms with van der Waals surface area (Å²) < 4.78 is 58.2. The van der Waals surface area contributed by atoms with Crippen molar-refractivity contribution < 1.29 is 16.8 Å². The van der Waals surface area contributed by atoms with Gasteiger partial charge in [0.2, 0.25) is 10.0 Å². The number of piperidine rings is 1. The Bertz CT molecular complexity index is 1230. The number of rotatable bonds is 6. The van der Waals surface area contributed by atoms with E-state index in [-0.39, 0.29) is 23.0 Å². The Kier molecular flexibility index (Phi) is 7.42. The van der Waals surface area contributed by atoms with Gasteiger partial charge in [0.25, 0.3) is 10.0 Å². The van der Waals surface area contributed by atoms with Crippen LogP contribution in [0.15, 0.2) is 62.7 Å². The second kappa shape index (κ2) is 10.2. The topological polar surface area (TPSA) is 90.4 Å². The number of nitrogens with zero attached hydrogens (tertiary/aromatic N) is 4. The Morgan fingerprint density at radius 2 is 1.32 bits per heavy atom. The maximum absolute atomic E-state index is 13.2. The Labute approximate surface area is 203 Å². The Morgan fingerprint density at radius 1 is 0.765 bits per heavy atom. The van der Waals surface area contributed by atoms with Crippen LogP contribution in [0.25, 0.3) is 0 Å². The molecular weight excluding hydrogens is 472 g/mol. The van der Waals surface area contributed by atoms with E-state index in [1.807, 2.05) is 13.8 Å². The normalized spacial score (nSPS) is 19.0. The van der Waals surface area contributed by atoms with Crippen molar-refractivity contribution in [3.8, 4) is 0 Å². The highest BCUT2D eigenvalue weighted by molar-refractivity contribution is 7.90. The highest BCUT2D eigenvalue weighted by atomic mass is 32.2. The molecule has 0 aromatic heterocycles. The van der Waals surface area contributed by atoms with Crippen LogP contribution < -0.4 is 0 Å². The van der Waals surface area contributed by atoms with Gasteiger partial charge in [-0.25, -0.2) is 8.42 Å². The molecule has 34 heavy (non-hydrogen) atoms. The lowest BCUT2D eigenvalue weighted by Crippen LogP contribution is -2.43. The molecule has 2 heterocycles. The molecule has 0 saturated carbocycles. The maximum atomic E-state index is 13.2. The standard InChI is InChI=1S/C24H32N4O4S2/c1-20-6-10-22(11-7-20)33(29,30)25-24(18-26-14-4-3-5-15-26)27-16-17-28(19-27)34(31,32)23-12-8-21(2)9-13-23/h6-13H,3-5,14-19H2,1-2H3. The second-order valence-corrected chi connectivity index (χ2v) is 12.6. The number of likely N-dealkylation sites (tertiary alicyclic amines) is 1. The van der Waals surface area contributed by atoms with E-state index in [9.17, 15) is 16.8 Å². The number of benzene rings is 2. The molecule has 0 atom stereocenters. The Morgan fingerprint density at radius 3 is 1.91 bits per heavy atom. The molecular formula is C24H32N4O4S2. The first-order valence-electron chi connectivity index (χ1n) is 11.6. The maximum Gasteiger partial charge on any atom is 0.283 e. The first kappa shape index (κ1) is 24.8. The van der Waals surface area contributed by atoms with Crippen molar-refractivity contribution >= 4 is 25.9 Å². The molecule has 2 fully saturated rings. The van der Waals surface area contributed by atoms with E-state index in [1.165, 1.54) is 4.31 Å². The van der Waals surface area contributed by atoms with E-state index in [1.54, 1.807) is 53.4 Å². The van der Waals surface area contributed by atoms with Crippen LogP contribution in [0.1, 0.15) is 30.4 Å². The van der Waals surface area contributed by atoms with E-state index in [0.717, 1.165) is 43.5 Å². The summed E-state index contributed by atoms with van der Waals surface area (Å²) in [5, 5.41) is 0. The predicted molar refractivity (Wildman–Crippen MR) is 133 cm³/mol. The van der Waals surface area contributed by atoms with Crippen molar-refractivity contribution in [2.75, 3.05) is 39.4 Å².